The molecule has 0 unspecified atom stereocenters. The summed E-state index contributed by atoms with van der Waals surface area (Å²) in [6.45, 7) is 0. The first-order valence-electron chi connectivity index (χ1n) is 5.44. The van der Waals surface area contributed by atoms with Gasteiger partial charge in [-0.2, -0.15) is 0 Å². The molecule has 2 N–H and O–H groups in total. The number of hydrogen-bond acceptors (Lipinski definition) is 4. The summed E-state index contributed by atoms with van der Waals surface area (Å²) in [4.78, 5) is 22.1. The van der Waals surface area contributed by atoms with E-state index in [1.807, 2.05) is 0 Å². The third-order valence-corrected chi connectivity index (χ3v) is 2.67. The van der Waals surface area contributed by atoms with Gasteiger partial charge in [0, 0.05) is 23.9 Å². The summed E-state index contributed by atoms with van der Waals surface area (Å²) in [5.41, 5.74) is 4.59. The molecule has 2 rings (SSSR count). The van der Waals surface area contributed by atoms with E-state index in [1.54, 1.807) is 0 Å². The quantitative estimate of drug-likeness (QED) is 0.405. The van der Waals surface area contributed by atoms with Crippen molar-refractivity contribution in [2.75, 3.05) is 5.73 Å². The first kappa shape index (κ1) is 13.6. The maximum absolute atomic E-state index is 13.5. The van der Waals surface area contributed by atoms with Crippen LogP contribution in [-0.2, 0) is 0 Å². The molecule has 0 bridgehead atoms. The Morgan fingerprint density at radius 3 is 2.40 bits per heavy atom. The normalized spacial score (nSPS) is 10.3. The van der Waals surface area contributed by atoms with Crippen molar-refractivity contribution in [3.63, 3.8) is 0 Å². The standard InChI is InChI=1S/C13H8F2N2O3/c14-7-1-3-9(11(15)5-7)13(18)10-6-8(17(19)20)2-4-12(10)16/h1-6H,16H2. The molecule has 2 aromatic rings. The molecule has 0 spiro atoms. The molecule has 0 fully saturated rings. The van der Waals surface area contributed by atoms with Crippen LogP contribution < -0.4 is 5.73 Å². The number of nitro benzene ring substituents is 1. The van der Waals surface area contributed by atoms with E-state index in [9.17, 15) is 23.7 Å². The summed E-state index contributed by atoms with van der Waals surface area (Å²) in [6, 6.07) is 5.72. The molecule has 0 amide bonds. The number of hydrogen-bond donors (Lipinski definition) is 1. The van der Waals surface area contributed by atoms with Crippen LogP contribution in [-0.4, -0.2) is 10.7 Å². The Labute approximate surface area is 111 Å². The molecule has 0 aromatic heterocycles. The van der Waals surface area contributed by atoms with Crippen LogP contribution in [0.4, 0.5) is 20.2 Å². The van der Waals surface area contributed by atoms with Crippen LogP contribution in [0.25, 0.3) is 0 Å². The predicted molar refractivity (Wildman–Crippen MR) is 67.3 cm³/mol. The second-order valence-electron chi connectivity index (χ2n) is 3.98. The summed E-state index contributed by atoms with van der Waals surface area (Å²) in [7, 11) is 0. The number of carbonyl (C=O) groups excluding carboxylic acids is 1. The van der Waals surface area contributed by atoms with Crippen LogP contribution in [0.1, 0.15) is 15.9 Å². The monoisotopic (exact) mass is 278 g/mol. The fraction of sp³-hybridized carbons (Fsp3) is 0. The smallest absolute Gasteiger partial charge is 0.270 e. The number of nitrogens with zero attached hydrogens (tertiary/aromatic N) is 1. The Morgan fingerprint density at radius 2 is 1.80 bits per heavy atom. The number of nitro groups is 1. The third kappa shape index (κ3) is 2.46. The number of non-ortho nitro benzene ring substituents is 1. The van der Waals surface area contributed by atoms with E-state index in [0.717, 1.165) is 24.3 Å². The fourth-order valence-corrected chi connectivity index (χ4v) is 1.67. The second kappa shape index (κ2) is 5.04. The van der Waals surface area contributed by atoms with Gasteiger partial charge >= 0.3 is 0 Å². The van der Waals surface area contributed by atoms with E-state index in [4.69, 9.17) is 5.73 Å². The maximum atomic E-state index is 13.5. The van der Waals surface area contributed by atoms with E-state index in [1.165, 1.54) is 6.07 Å². The molecular weight excluding hydrogens is 270 g/mol. The number of anilines is 1. The van der Waals surface area contributed by atoms with E-state index in [2.05, 4.69) is 0 Å². The largest absolute Gasteiger partial charge is 0.398 e. The van der Waals surface area contributed by atoms with Gasteiger partial charge in [-0.05, 0) is 18.2 Å². The van der Waals surface area contributed by atoms with Crippen molar-refractivity contribution >= 4 is 17.2 Å². The van der Waals surface area contributed by atoms with Crippen LogP contribution >= 0.6 is 0 Å². The SMILES string of the molecule is Nc1ccc([N+](=O)[O-])cc1C(=O)c1ccc(F)cc1F. The number of nitrogen functional groups attached to an aromatic ring is 1. The molecule has 0 heterocycles. The number of nitrogens with two attached hydrogens (primary N) is 1. The molecule has 7 heteroatoms. The average Bonchev–Trinajstić information content (AvgIpc) is 2.38. The average molecular weight is 278 g/mol. The number of ketones is 1. The lowest BCUT2D eigenvalue weighted by Gasteiger charge is -2.06. The molecule has 0 aliphatic carbocycles. The van der Waals surface area contributed by atoms with Gasteiger partial charge < -0.3 is 5.73 Å². The lowest BCUT2D eigenvalue weighted by molar-refractivity contribution is -0.384. The van der Waals surface area contributed by atoms with Crippen molar-refractivity contribution in [2.24, 2.45) is 0 Å². The highest BCUT2D eigenvalue weighted by Gasteiger charge is 2.19. The van der Waals surface area contributed by atoms with E-state index in [-0.39, 0.29) is 16.9 Å². The molecule has 102 valence electrons. The van der Waals surface area contributed by atoms with Gasteiger partial charge in [0.15, 0.2) is 5.78 Å². The van der Waals surface area contributed by atoms with Gasteiger partial charge in [0.2, 0.25) is 0 Å². The van der Waals surface area contributed by atoms with Crippen molar-refractivity contribution in [1.82, 2.24) is 0 Å². The minimum atomic E-state index is -1.05. The van der Waals surface area contributed by atoms with Gasteiger partial charge in [-0.3, -0.25) is 14.9 Å². The van der Waals surface area contributed by atoms with Crippen molar-refractivity contribution in [3.8, 4) is 0 Å². The van der Waals surface area contributed by atoms with Crippen LogP contribution in [0.15, 0.2) is 36.4 Å². The van der Waals surface area contributed by atoms with Gasteiger partial charge in [-0.1, -0.05) is 0 Å². The molecule has 0 radical (unpaired) electrons. The molecule has 0 atom stereocenters. The molecular formula is C13H8F2N2O3. The zero-order valence-corrected chi connectivity index (χ0v) is 9.97. The fourth-order valence-electron chi connectivity index (χ4n) is 1.67. The predicted octanol–water partition coefficient (Wildman–Crippen LogP) is 2.69. The summed E-state index contributed by atoms with van der Waals surface area (Å²) >= 11 is 0. The van der Waals surface area contributed by atoms with Gasteiger partial charge in [0.25, 0.3) is 5.69 Å². The summed E-state index contributed by atoms with van der Waals surface area (Å²) in [6.07, 6.45) is 0. The molecule has 2 aromatic carbocycles. The Hall–Kier alpha value is -2.83. The highest BCUT2D eigenvalue weighted by Crippen LogP contribution is 2.23. The van der Waals surface area contributed by atoms with Crippen molar-refractivity contribution < 1.29 is 18.5 Å². The maximum Gasteiger partial charge on any atom is 0.270 e. The minimum absolute atomic E-state index is 0.0238. The van der Waals surface area contributed by atoms with Gasteiger partial charge in [0.1, 0.15) is 11.6 Å². The molecule has 0 saturated carbocycles. The summed E-state index contributed by atoms with van der Waals surface area (Å²) in [5.74, 6) is -2.73. The van der Waals surface area contributed by atoms with Gasteiger partial charge in [0.05, 0.1) is 16.1 Å². The van der Waals surface area contributed by atoms with Gasteiger partial charge in [-0.15, -0.1) is 0 Å². The summed E-state index contributed by atoms with van der Waals surface area (Å²) < 4.78 is 26.3. The second-order valence-corrected chi connectivity index (χ2v) is 3.98. The Balaban J connectivity index is 2.53. The van der Waals surface area contributed by atoms with E-state index >= 15 is 0 Å². The molecule has 0 aliphatic heterocycles. The lowest BCUT2D eigenvalue weighted by Crippen LogP contribution is -2.08. The van der Waals surface area contributed by atoms with Crippen molar-refractivity contribution in [3.05, 3.63) is 69.3 Å². The number of carbonyl (C=O) groups is 1. The number of rotatable bonds is 3. The van der Waals surface area contributed by atoms with Crippen LogP contribution in [0, 0.1) is 21.7 Å². The zero-order chi connectivity index (χ0) is 14.9. The highest BCUT2D eigenvalue weighted by atomic mass is 19.1. The minimum Gasteiger partial charge on any atom is -0.398 e. The van der Waals surface area contributed by atoms with Crippen LogP contribution in [0.2, 0.25) is 0 Å². The Bertz CT molecular complexity index is 717. The molecule has 5 nitrogen and oxygen atoms in total. The highest BCUT2D eigenvalue weighted by molar-refractivity contribution is 6.12. The molecule has 0 aliphatic rings. The molecule has 0 saturated heterocycles. The molecule has 20 heavy (non-hydrogen) atoms. The Kier molecular flexibility index (Phi) is 3.43. The zero-order valence-electron chi connectivity index (χ0n) is 9.97. The van der Waals surface area contributed by atoms with Crippen molar-refractivity contribution in [2.45, 2.75) is 0 Å². The van der Waals surface area contributed by atoms with E-state index in [0.29, 0.717) is 6.07 Å². The first-order chi connectivity index (χ1) is 9.40. The van der Waals surface area contributed by atoms with Crippen molar-refractivity contribution in [1.29, 1.82) is 0 Å². The third-order valence-electron chi connectivity index (χ3n) is 2.67. The number of benzene rings is 2. The summed E-state index contributed by atoms with van der Waals surface area (Å²) in [5, 5.41) is 10.7. The lowest BCUT2D eigenvalue weighted by atomic mass is 10.0. The van der Waals surface area contributed by atoms with Crippen LogP contribution in [0.5, 0.6) is 0 Å². The topological polar surface area (TPSA) is 86.2 Å². The van der Waals surface area contributed by atoms with Gasteiger partial charge in [-0.25, -0.2) is 8.78 Å². The Morgan fingerprint density at radius 1 is 1.10 bits per heavy atom. The van der Waals surface area contributed by atoms with Crippen LogP contribution in [0.3, 0.4) is 0 Å². The number of halogens is 2. The first-order valence-corrected chi connectivity index (χ1v) is 5.44. The van der Waals surface area contributed by atoms with E-state index < -0.39 is 27.9 Å².